The number of rotatable bonds is 2. The van der Waals surface area contributed by atoms with Gasteiger partial charge in [0.05, 0.1) is 25.4 Å². The van der Waals surface area contributed by atoms with E-state index in [-0.39, 0.29) is 25.3 Å². The van der Waals surface area contributed by atoms with Crippen LogP contribution in [0.4, 0.5) is 0 Å². The maximum absolute atomic E-state index is 9.16. The van der Waals surface area contributed by atoms with Gasteiger partial charge in [-0.1, -0.05) is 0 Å². The minimum atomic E-state index is -0.512. The first kappa shape index (κ1) is 7.94. The van der Waals surface area contributed by atoms with E-state index in [2.05, 4.69) is 5.32 Å². The molecule has 1 aliphatic rings. The molecule has 60 valence electrons. The summed E-state index contributed by atoms with van der Waals surface area (Å²) in [6, 6.07) is -0.302. The van der Waals surface area contributed by atoms with E-state index in [1.54, 1.807) is 0 Å². The van der Waals surface area contributed by atoms with Crippen LogP contribution in [0.2, 0.25) is 0 Å². The van der Waals surface area contributed by atoms with E-state index >= 15 is 0 Å². The molecule has 0 spiro atoms. The van der Waals surface area contributed by atoms with E-state index in [1.165, 1.54) is 0 Å². The van der Waals surface area contributed by atoms with Crippen LogP contribution in [0.15, 0.2) is 0 Å². The van der Waals surface area contributed by atoms with Gasteiger partial charge in [-0.2, -0.15) is 0 Å². The number of hydrogen-bond donors (Lipinski definition) is 4. The van der Waals surface area contributed by atoms with Crippen molar-refractivity contribution in [1.29, 1.82) is 0 Å². The van der Waals surface area contributed by atoms with Crippen molar-refractivity contribution >= 4 is 0 Å². The highest BCUT2D eigenvalue weighted by Crippen LogP contribution is 2.11. The maximum Gasteiger partial charge on any atom is 0.0731 e. The Morgan fingerprint density at radius 2 is 2.00 bits per heavy atom. The lowest BCUT2D eigenvalue weighted by molar-refractivity contribution is 0.121. The van der Waals surface area contributed by atoms with Crippen molar-refractivity contribution in [2.75, 3.05) is 13.2 Å². The van der Waals surface area contributed by atoms with E-state index in [0.717, 1.165) is 0 Å². The molecule has 0 aliphatic carbocycles. The van der Waals surface area contributed by atoms with Crippen molar-refractivity contribution < 1.29 is 15.3 Å². The molecule has 10 heavy (non-hydrogen) atoms. The molecular formula is C6H13NO3. The molecule has 0 amide bonds. The first-order valence-electron chi connectivity index (χ1n) is 3.43. The summed E-state index contributed by atoms with van der Waals surface area (Å²) in [7, 11) is 0. The SMILES string of the molecule is OC[C@H]1C[C@@H](O)[C@@H](CO)N1. The lowest BCUT2D eigenvalue weighted by atomic mass is 10.1. The molecule has 1 rings (SSSR count). The van der Waals surface area contributed by atoms with Gasteiger partial charge < -0.3 is 20.6 Å². The largest absolute Gasteiger partial charge is 0.395 e. The van der Waals surface area contributed by atoms with Crippen molar-refractivity contribution in [2.24, 2.45) is 0 Å². The highest BCUT2D eigenvalue weighted by Gasteiger charge is 2.30. The Hall–Kier alpha value is -0.160. The zero-order valence-electron chi connectivity index (χ0n) is 5.70. The molecule has 0 aromatic heterocycles. The van der Waals surface area contributed by atoms with Gasteiger partial charge in [-0.3, -0.25) is 0 Å². The minimum Gasteiger partial charge on any atom is -0.395 e. The van der Waals surface area contributed by atoms with E-state index in [9.17, 15) is 0 Å². The third kappa shape index (κ3) is 1.46. The molecule has 0 saturated carbocycles. The number of aliphatic hydroxyl groups excluding tert-OH is 3. The van der Waals surface area contributed by atoms with E-state index in [4.69, 9.17) is 15.3 Å². The predicted octanol–water partition coefficient (Wildman–Crippen LogP) is -1.94. The molecule has 1 aliphatic heterocycles. The van der Waals surface area contributed by atoms with Gasteiger partial charge in [0.2, 0.25) is 0 Å². The van der Waals surface area contributed by atoms with E-state index < -0.39 is 6.10 Å². The summed E-state index contributed by atoms with van der Waals surface area (Å²) in [5.74, 6) is 0. The topological polar surface area (TPSA) is 72.7 Å². The monoisotopic (exact) mass is 147 g/mol. The predicted molar refractivity (Wildman–Crippen MR) is 35.5 cm³/mol. The van der Waals surface area contributed by atoms with Crippen LogP contribution in [-0.4, -0.2) is 46.7 Å². The average Bonchev–Trinajstić information content (AvgIpc) is 2.30. The molecule has 0 radical (unpaired) electrons. The van der Waals surface area contributed by atoms with Gasteiger partial charge in [-0.05, 0) is 6.42 Å². The number of nitrogens with one attached hydrogen (secondary N) is 1. The molecule has 3 atom stereocenters. The Kier molecular flexibility index (Phi) is 2.62. The van der Waals surface area contributed by atoms with Crippen LogP contribution in [0.25, 0.3) is 0 Å². The third-order valence-electron chi connectivity index (χ3n) is 1.86. The molecule has 4 heteroatoms. The summed E-state index contributed by atoms with van der Waals surface area (Å²) in [4.78, 5) is 0. The summed E-state index contributed by atoms with van der Waals surface area (Å²) in [6.07, 6.45) is 0.0176. The van der Waals surface area contributed by atoms with Crippen LogP contribution >= 0.6 is 0 Å². The second kappa shape index (κ2) is 3.30. The van der Waals surface area contributed by atoms with Gasteiger partial charge >= 0.3 is 0 Å². The molecule has 0 aromatic carbocycles. The Morgan fingerprint density at radius 3 is 2.30 bits per heavy atom. The smallest absolute Gasteiger partial charge is 0.0731 e. The molecule has 0 bridgehead atoms. The molecule has 1 saturated heterocycles. The standard InChI is InChI=1S/C6H13NO3/c8-2-4-1-6(10)5(3-9)7-4/h4-10H,1-3H2/t4-,5-,6-/m1/s1. The van der Waals surface area contributed by atoms with Gasteiger partial charge in [-0.15, -0.1) is 0 Å². The van der Waals surface area contributed by atoms with Crippen molar-refractivity contribution in [3.63, 3.8) is 0 Å². The van der Waals surface area contributed by atoms with Crippen LogP contribution in [0.3, 0.4) is 0 Å². The first-order chi connectivity index (χ1) is 4.77. The molecule has 0 unspecified atom stereocenters. The minimum absolute atomic E-state index is 0.0214. The molecule has 1 heterocycles. The Bertz CT molecular complexity index is 109. The van der Waals surface area contributed by atoms with Gasteiger partial charge in [-0.25, -0.2) is 0 Å². The highest BCUT2D eigenvalue weighted by atomic mass is 16.3. The molecule has 4 nitrogen and oxygen atoms in total. The lowest BCUT2D eigenvalue weighted by Gasteiger charge is -2.10. The summed E-state index contributed by atoms with van der Waals surface area (Å²) in [5, 5.41) is 29.3. The summed E-state index contributed by atoms with van der Waals surface area (Å²) < 4.78 is 0. The second-order valence-electron chi connectivity index (χ2n) is 2.64. The fourth-order valence-corrected chi connectivity index (χ4v) is 1.24. The lowest BCUT2D eigenvalue weighted by Crippen LogP contribution is -2.37. The van der Waals surface area contributed by atoms with Crippen molar-refractivity contribution in [3.8, 4) is 0 Å². The quantitative estimate of drug-likeness (QED) is 0.367. The van der Waals surface area contributed by atoms with Crippen molar-refractivity contribution in [1.82, 2.24) is 5.32 Å². The second-order valence-corrected chi connectivity index (χ2v) is 2.64. The molecule has 4 N–H and O–H groups in total. The highest BCUT2D eigenvalue weighted by molar-refractivity contribution is 4.89. The Morgan fingerprint density at radius 1 is 1.30 bits per heavy atom. The summed E-state index contributed by atoms with van der Waals surface area (Å²) in [6.45, 7) is -0.0504. The Labute approximate surface area is 59.5 Å². The number of hydrogen-bond acceptors (Lipinski definition) is 4. The first-order valence-corrected chi connectivity index (χ1v) is 3.43. The van der Waals surface area contributed by atoms with Crippen molar-refractivity contribution in [3.05, 3.63) is 0 Å². The van der Waals surface area contributed by atoms with Crippen LogP contribution in [0.5, 0.6) is 0 Å². The zero-order valence-corrected chi connectivity index (χ0v) is 5.70. The van der Waals surface area contributed by atoms with Crippen LogP contribution in [0, 0.1) is 0 Å². The average molecular weight is 147 g/mol. The third-order valence-corrected chi connectivity index (χ3v) is 1.86. The Balaban J connectivity index is 2.36. The van der Waals surface area contributed by atoms with Gasteiger partial charge in [0, 0.05) is 6.04 Å². The van der Waals surface area contributed by atoms with Gasteiger partial charge in [0.25, 0.3) is 0 Å². The van der Waals surface area contributed by atoms with Crippen molar-refractivity contribution in [2.45, 2.75) is 24.6 Å². The molecule has 1 fully saturated rings. The van der Waals surface area contributed by atoms with Crippen LogP contribution in [-0.2, 0) is 0 Å². The van der Waals surface area contributed by atoms with Gasteiger partial charge in [0.15, 0.2) is 0 Å². The normalized spacial score (nSPS) is 40.5. The maximum atomic E-state index is 9.16. The van der Waals surface area contributed by atoms with Crippen LogP contribution < -0.4 is 5.32 Å². The summed E-state index contributed by atoms with van der Waals surface area (Å²) in [5.41, 5.74) is 0. The fraction of sp³-hybridized carbons (Fsp3) is 1.00. The summed E-state index contributed by atoms with van der Waals surface area (Å²) >= 11 is 0. The van der Waals surface area contributed by atoms with E-state index in [1.807, 2.05) is 0 Å². The zero-order chi connectivity index (χ0) is 7.56. The fourth-order valence-electron chi connectivity index (χ4n) is 1.24. The van der Waals surface area contributed by atoms with Crippen LogP contribution in [0.1, 0.15) is 6.42 Å². The van der Waals surface area contributed by atoms with Gasteiger partial charge in [0.1, 0.15) is 0 Å². The van der Waals surface area contributed by atoms with E-state index in [0.29, 0.717) is 6.42 Å². The molecular weight excluding hydrogens is 134 g/mol. The number of aliphatic hydroxyl groups is 3. The molecule has 0 aromatic rings.